The molecule has 6 heteroatoms. The summed E-state index contributed by atoms with van der Waals surface area (Å²) < 4.78 is 14.5. The molecule has 1 N–H and O–H groups in total. The van der Waals surface area contributed by atoms with E-state index in [0.717, 1.165) is 16.9 Å². The van der Waals surface area contributed by atoms with E-state index in [1.165, 1.54) is 12.1 Å². The first kappa shape index (κ1) is 15.2. The minimum atomic E-state index is -0.289. The zero-order valence-corrected chi connectivity index (χ0v) is 13.1. The molecule has 2 aromatic carbocycles. The monoisotopic (exact) mass is 328 g/mol. The van der Waals surface area contributed by atoms with Gasteiger partial charge in [0.1, 0.15) is 11.0 Å². The first-order chi connectivity index (χ1) is 11.1. The predicted octanol–water partition coefficient (Wildman–Crippen LogP) is 4.42. The average Bonchev–Trinajstić information content (AvgIpc) is 2.85. The fourth-order valence-corrected chi connectivity index (χ4v) is 2.41. The summed E-state index contributed by atoms with van der Waals surface area (Å²) in [6.45, 7) is 1.87. The van der Waals surface area contributed by atoms with Gasteiger partial charge in [-0.2, -0.15) is 10.2 Å². The van der Waals surface area contributed by atoms with Gasteiger partial charge in [0.25, 0.3) is 0 Å². The Bertz CT molecular complexity index is 826. The number of halogens is 2. The number of nitrogens with one attached hydrogen (secondary N) is 1. The molecule has 0 fully saturated rings. The van der Waals surface area contributed by atoms with E-state index < -0.39 is 0 Å². The molecule has 23 heavy (non-hydrogen) atoms. The molecule has 0 atom stereocenters. The number of nitrogens with zero attached hydrogens (tertiary/aromatic N) is 3. The van der Waals surface area contributed by atoms with Gasteiger partial charge in [0.05, 0.1) is 28.8 Å². The summed E-state index contributed by atoms with van der Waals surface area (Å²) >= 11 is 6.40. The molecule has 116 valence electrons. The van der Waals surface area contributed by atoms with Gasteiger partial charge in [-0.3, -0.25) is 5.43 Å². The molecular weight excluding hydrogens is 315 g/mol. The van der Waals surface area contributed by atoms with Gasteiger partial charge in [-0.1, -0.05) is 29.8 Å². The van der Waals surface area contributed by atoms with E-state index in [1.807, 2.05) is 37.3 Å². The van der Waals surface area contributed by atoms with Gasteiger partial charge in [-0.25, -0.2) is 9.07 Å². The molecule has 0 aliphatic heterocycles. The van der Waals surface area contributed by atoms with Crippen LogP contribution in [-0.4, -0.2) is 16.0 Å². The van der Waals surface area contributed by atoms with E-state index in [0.29, 0.717) is 10.8 Å². The Balaban J connectivity index is 1.82. The number of anilines is 1. The van der Waals surface area contributed by atoms with Crippen molar-refractivity contribution in [2.24, 2.45) is 5.10 Å². The van der Waals surface area contributed by atoms with Gasteiger partial charge in [0, 0.05) is 0 Å². The minimum absolute atomic E-state index is 0.289. The molecule has 0 aliphatic rings. The second kappa shape index (κ2) is 6.62. The summed E-state index contributed by atoms with van der Waals surface area (Å²) in [5, 5.41) is 9.05. The number of benzene rings is 2. The Kier molecular flexibility index (Phi) is 4.39. The summed E-state index contributed by atoms with van der Waals surface area (Å²) in [6, 6.07) is 15.6. The largest absolute Gasteiger partial charge is 0.278 e. The van der Waals surface area contributed by atoms with Crippen molar-refractivity contribution in [3.63, 3.8) is 0 Å². The smallest absolute Gasteiger partial charge is 0.142 e. The number of aromatic nitrogens is 2. The van der Waals surface area contributed by atoms with E-state index in [2.05, 4.69) is 15.6 Å². The lowest BCUT2D eigenvalue weighted by Crippen LogP contribution is -1.96. The van der Waals surface area contributed by atoms with Crippen LogP contribution in [0.3, 0.4) is 0 Å². The van der Waals surface area contributed by atoms with Crippen LogP contribution in [0.4, 0.5) is 10.1 Å². The van der Waals surface area contributed by atoms with Crippen molar-refractivity contribution >= 4 is 23.5 Å². The highest BCUT2D eigenvalue weighted by Gasteiger charge is 2.12. The number of rotatable bonds is 4. The zero-order valence-electron chi connectivity index (χ0n) is 12.4. The van der Waals surface area contributed by atoms with Gasteiger partial charge in [0.2, 0.25) is 0 Å². The van der Waals surface area contributed by atoms with Crippen LogP contribution in [0.25, 0.3) is 5.69 Å². The van der Waals surface area contributed by atoms with Crippen LogP contribution < -0.4 is 5.43 Å². The van der Waals surface area contributed by atoms with Crippen LogP contribution in [-0.2, 0) is 0 Å². The second-order valence-electron chi connectivity index (χ2n) is 4.91. The molecule has 0 bridgehead atoms. The Labute approximate surface area is 138 Å². The highest BCUT2D eigenvalue weighted by molar-refractivity contribution is 6.32. The van der Waals surface area contributed by atoms with Crippen molar-refractivity contribution in [1.29, 1.82) is 0 Å². The molecule has 0 spiro atoms. The first-order valence-electron chi connectivity index (χ1n) is 7.00. The van der Waals surface area contributed by atoms with Crippen LogP contribution >= 0.6 is 11.6 Å². The first-order valence-corrected chi connectivity index (χ1v) is 7.38. The third-order valence-corrected chi connectivity index (χ3v) is 3.64. The molecule has 0 saturated carbocycles. The lowest BCUT2D eigenvalue weighted by molar-refractivity contribution is 0.628. The fourth-order valence-electron chi connectivity index (χ4n) is 2.09. The molecule has 0 unspecified atom stereocenters. The molecule has 0 radical (unpaired) electrons. The highest BCUT2D eigenvalue weighted by atomic mass is 35.5. The summed E-state index contributed by atoms with van der Waals surface area (Å²) in [4.78, 5) is 0. The molecule has 3 rings (SSSR count). The van der Waals surface area contributed by atoms with Crippen LogP contribution in [0.15, 0.2) is 59.7 Å². The van der Waals surface area contributed by atoms with Gasteiger partial charge < -0.3 is 0 Å². The van der Waals surface area contributed by atoms with Crippen LogP contribution in [0, 0.1) is 12.7 Å². The molecular formula is C17H14ClFN4. The van der Waals surface area contributed by atoms with Crippen molar-refractivity contribution in [3.8, 4) is 5.69 Å². The van der Waals surface area contributed by atoms with E-state index in [4.69, 9.17) is 11.6 Å². The van der Waals surface area contributed by atoms with Crippen molar-refractivity contribution in [2.45, 2.75) is 6.92 Å². The van der Waals surface area contributed by atoms with Crippen LogP contribution in [0.2, 0.25) is 5.15 Å². The van der Waals surface area contributed by atoms with Gasteiger partial charge in [0.15, 0.2) is 0 Å². The summed E-state index contributed by atoms with van der Waals surface area (Å²) in [5.41, 5.74) is 5.89. The number of hydrazone groups is 1. The minimum Gasteiger partial charge on any atom is -0.278 e. The van der Waals surface area contributed by atoms with Crippen LogP contribution in [0.5, 0.6) is 0 Å². The Hall–Kier alpha value is -2.66. The Morgan fingerprint density at radius 2 is 1.83 bits per heavy atom. The van der Waals surface area contributed by atoms with E-state index in [-0.39, 0.29) is 5.82 Å². The Morgan fingerprint density at radius 3 is 2.52 bits per heavy atom. The topological polar surface area (TPSA) is 42.2 Å². The number of hydrogen-bond acceptors (Lipinski definition) is 3. The maximum Gasteiger partial charge on any atom is 0.142 e. The lowest BCUT2D eigenvalue weighted by atomic mass is 10.3. The molecule has 3 aromatic rings. The van der Waals surface area contributed by atoms with Crippen LogP contribution in [0.1, 0.15) is 11.3 Å². The quantitative estimate of drug-likeness (QED) is 0.569. The maximum absolute atomic E-state index is 12.8. The SMILES string of the molecule is Cc1nn(-c2ccccc2)c(Cl)c1/C=N\Nc1ccc(F)cc1. The predicted molar refractivity (Wildman–Crippen MR) is 90.9 cm³/mol. The summed E-state index contributed by atoms with van der Waals surface area (Å²) in [7, 11) is 0. The molecule has 0 amide bonds. The number of hydrogen-bond donors (Lipinski definition) is 1. The number of aryl methyl sites for hydroxylation is 1. The van der Waals surface area contributed by atoms with E-state index in [1.54, 1.807) is 23.0 Å². The highest BCUT2D eigenvalue weighted by Crippen LogP contribution is 2.22. The van der Waals surface area contributed by atoms with Gasteiger partial charge in [-0.05, 0) is 43.3 Å². The standard InChI is InChI=1S/C17H14ClFN4/c1-12-16(11-20-21-14-9-7-13(19)8-10-14)17(18)23(22-12)15-5-3-2-4-6-15/h2-11,21H,1H3/b20-11-. The fraction of sp³-hybridized carbons (Fsp3) is 0.0588. The summed E-state index contributed by atoms with van der Waals surface area (Å²) in [5.74, 6) is -0.289. The lowest BCUT2D eigenvalue weighted by Gasteiger charge is -2.02. The third kappa shape index (κ3) is 3.40. The van der Waals surface area contributed by atoms with Crippen molar-refractivity contribution in [1.82, 2.24) is 9.78 Å². The zero-order chi connectivity index (χ0) is 16.2. The normalized spacial score (nSPS) is 11.1. The molecule has 1 heterocycles. The molecule has 0 aliphatic carbocycles. The summed E-state index contributed by atoms with van der Waals surface area (Å²) in [6.07, 6.45) is 1.60. The third-order valence-electron chi connectivity index (χ3n) is 3.28. The van der Waals surface area contributed by atoms with Gasteiger partial charge >= 0.3 is 0 Å². The maximum atomic E-state index is 12.8. The van der Waals surface area contributed by atoms with Crippen molar-refractivity contribution in [2.75, 3.05) is 5.43 Å². The van der Waals surface area contributed by atoms with Crippen molar-refractivity contribution < 1.29 is 4.39 Å². The average molecular weight is 329 g/mol. The second-order valence-corrected chi connectivity index (χ2v) is 5.27. The van der Waals surface area contributed by atoms with E-state index in [9.17, 15) is 4.39 Å². The Morgan fingerprint density at radius 1 is 1.13 bits per heavy atom. The van der Waals surface area contributed by atoms with Crippen molar-refractivity contribution in [3.05, 3.63) is 76.8 Å². The molecule has 1 aromatic heterocycles. The molecule has 0 saturated heterocycles. The van der Waals surface area contributed by atoms with Gasteiger partial charge in [-0.15, -0.1) is 0 Å². The molecule has 4 nitrogen and oxygen atoms in total. The number of para-hydroxylation sites is 1. The van der Waals surface area contributed by atoms with E-state index >= 15 is 0 Å².